The van der Waals surface area contributed by atoms with E-state index in [9.17, 15) is 22.8 Å². The third-order valence-corrected chi connectivity index (χ3v) is 5.80. The summed E-state index contributed by atoms with van der Waals surface area (Å²) in [6.45, 7) is -0.316. The van der Waals surface area contributed by atoms with E-state index in [4.69, 9.17) is 10.5 Å². The molecule has 0 saturated carbocycles. The average molecular weight is 514 g/mol. The second kappa shape index (κ2) is 10.4. The molecule has 0 saturated heterocycles. The van der Waals surface area contributed by atoms with Crippen molar-refractivity contribution in [2.24, 2.45) is 5.73 Å². The zero-order valence-corrected chi connectivity index (χ0v) is 19.6. The van der Waals surface area contributed by atoms with E-state index in [2.05, 4.69) is 5.10 Å². The summed E-state index contributed by atoms with van der Waals surface area (Å²) in [5, 5.41) is 4.00. The molecule has 1 aromatic heterocycles. The van der Waals surface area contributed by atoms with E-state index in [1.165, 1.54) is 43.5 Å². The van der Waals surface area contributed by atoms with Crippen LogP contribution in [0, 0.1) is 5.82 Å². The number of halogens is 4. The molecule has 0 aliphatic rings. The summed E-state index contributed by atoms with van der Waals surface area (Å²) in [5.41, 5.74) is 3.03. The van der Waals surface area contributed by atoms with Gasteiger partial charge >= 0.3 is 11.9 Å². The van der Waals surface area contributed by atoms with Crippen LogP contribution in [0.1, 0.15) is 28.4 Å². The molecule has 4 rings (SSSR count). The predicted octanol–water partition coefficient (Wildman–Crippen LogP) is 3.85. The molecule has 37 heavy (non-hydrogen) atoms. The first-order valence-corrected chi connectivity index (χ1v) is 11.1. The highest BCUT2D eigenvalue weighted by molar-refractivity contribution is 5.41. The number of aromatic nitrogens is 3. The van der Waals surface area contributed by atoms with Gasteiger partial charge in [-0.1, -0.05) is 54.6 Å². The Balaban J connectivity index is 1.91. The van der Waals surface area contributed by atoms with Crippen molar-refractivity contribution in [2.75, 3.05) is 7.11 Å². The highest BCUT2D eigenvalue weighted by atomic mass is 19.4. The summed E-state index contributed by atoms with van der Waals surface area (Å²) in [5.74, 6) is -1.12. The summed E-state index contributed by atoms with van der Waals surface area (Å²) in [6.07, 6.45) is -5.24. The van der Waals surface area contributed by atoms with E-state index < -0.39 is 47.0 Å². The van der Waals surface area contributed by atoms with E-state index in [-0.39, 0.29) is 23.5 Å². The van der Waals surface area contributed by atoms with Crippen molar-refractivity contribution >= 4 is 0 Å². The van der Waals surface area contributed by atoms with Gasteiger partial charge in [0, 0.05) is 12.5 Å². The minimum Gasteiger partial charge on any atom is -0.494 e. The highest BCUT2D eigenvalue weighted by Crippen LogP contribution is 2.32. The van der Waals surface area contributed by atoms with E-state index in [0.29, 0.717) is 10.2 Å². The van der Waals surface area contributed by atoms with Crippen molar-refractivity contribution in [3.8, 4) is 11.4 Å². The summed E-state index contributed by atoms with van der Waals surface area (Å²) < 4.78 is 62.3. The van der Waals surface area contributed by atoms with Gasteiger partial charge < -0.3 is 10.5 Å². The van der Waals surface area contributed by atoms with Crippen LogP contribution in [0.15, 0.2) is 82.4 Å². The normalized spacial score (nSPS) is 12.4. The number of nitrogens with zero attached hydrogens (tertiary/aromatic N) is 3. The molecule has 0 fully saturated rings. The molecule has 0 aliphatic heterocycles. The van der Waals surface area contributed by atoms with Gasteiger partial charge in [-0.05, 0) is 29.3 Å². The number of methoxy groups -OCH3 is 1. The molecular formula is C26H22F4N4O3. The smallest absolute Gasteiger partial charge is 0.416 e. The van der Waals surface area contributed by atoms with Gasteiger partial charge in [0.2, 0.25) is 0 Å². The summed E-state index contributed by atoms with van der Waals surface area (Å²) >= 11 is 0. The molecule has 192 valence electrons. The van der Waals surface area contributed by atoms with Crippen LogP contribution in [0.3, 0.4) is 0 Å². The van der Waals surface area contributed by atoms with Gasteiger partial charge in [-0.25, -0.2) is 9.18 Å². The quantitative estimate of drug-likeness (QED) is 0.379. The number of alkyl halides is 3. The Hall–Kier alpha value is -4.25. The maximum Gasteiger partial charge on any atom is 0.416 e. The number of hydrogen-bond acceptors (Lipinski definition) is 5. The Labute approximate surface area is 208 Å². The lowest BCUT2D eigenvalue weighted by Gasteiger charge is -2.17. The van der Waals surface area contributed by atoms with E-state index in [1.54, 1.807) is 30.3 Å². The van der Waals surface area contributed by atoms with Crippen LogP contribution in [-0.4, -0.2) is 21.5 Å². The number of rotatable bonds is 7. The molecule has 1 atom stereocenters. The minimum atomic E-state index is -4.68. The molecule has 1 heterocycles. The second-order valence-corrected chi connectivity index (χ2v) is 8.20. The molecule has 0 spiro atoms. The largest absolute Gasteiger partial charge is 0.494 e. The van der Waals surface area contributed by atoms with Gasteiger partial charge in [-0.2, -0.15) is 23.0 Å². The van der Waals surface area contributed by atoms with Crippen molar-refractivity contribution in [2.45, 2.75) is 25.2 Å². The SMILES string of the molecule is COc1cccc(-n2nc(Cc3ccccc3C(F)(F)F)c(=O)n(CC(N)c3ccccc3)c2=O)c1F. The van der Waals surface area contributed by atoms with Crippen molar-refractivity contribution in [3.05, 3.63) is 122 Å². The lowest BCUT2D eigenvalue weighted by molar-refractivity contribution is -0.138. The van der Waals surface area contributed by atoms with Crippen LogP contribution in [-0.2, 0) is 19.1 Å². The monoisotopic (exact) mass is 514 g/mol. The Bertz CT molecular complexity index is 1530. The fourth-order valence-corrected chi connectivity index (χ4v) is 3.95. The van der Waals surface area contributed by atoms with Gasteiger partial charge in [0.25, 0.3) is 5.56 Å². The summed E-state index contributed by atoms with van der Waals surface area (Å²) in [7, 11) is 1.23. The third-order valence-electron chi connectivity index (χ3n) is 5.80. The topological polar surface area (TPSA) is 92.1 Å². The molecule has 3 aromatic carbocycles. The molecule has 1 unspecified atom stereocenters. The van der Waals surface area contributed by atoms with Crippen LogP contribution < -0.4 is 21.7 Å². The highest BCUT2D eigenvalue weighted by Gasteiger charge is 2.33. The van der Waals surface area contributed by atoms with Crippen molar-refractivity contribution in [3.63, 3.8) is 0 Å². The fourth-order valence-electron chi connectivity index (χ4n) is 3.95. The fraction of sp³-hybridized carbons (Fsp3) is 0.192. The number of benzene rings is 3. The number of ether oxygens (including phenoxy) is 1. The lowest BCUT2D eigenvalue weighted by Crippen LogP contribution is -2.45. The third kappa shape index (κ3) is 5.31. The standard InChI is InChI=1S/C26H22F4N4O3/c1-37-22-13-7-12-21(23(22)27)34-25(36)33(15-19(31)16-8-3-2-4-9-16)24(35)20(32-34)14-17-10-5-6-11-18(17)26(28,29)30/h2-13,19H,14-15,31H2,1H3. The van der Waals surface area contributed by atoms with Gasteiger partial charge in [-0.3, -0.25) is 9.36 Å². The van der Waals surface area contributed by atoms with Gasteiger partial charge in [0.05, 0.1) is 19.2 Å². The van der Waals surface area contributed by atoms with Crippen LogP contribution in [0.5, 0.6) is 5.75 Å². The van der Waals surface area contributed by atoms with E-state index in [0.717, 1.165) is 10.6 Å². The first-order chi connectivity index (χ1) is 17.6. The molecule has 11 heteroatoms. The zero-order valence-electron chi connectivity index (χ0n) is 19.6. The maximum atomic E-state index is 15.1. The van der Waals surface area contributed by atoms with Crippen LogP contribution in [0.2, 0.25) is 0 Å². The molecule has 7 nitrogen and oxygen atoms in total. The lowest BCUT2D eigenvalue weighted by atomic mass is 10.0. The number of hydrogen-bond donors (Lipinski definition) is 1. The first kappa shape index (κ1) is 25.8. The Morgan fingerprint density at radius 2 is 1.65 bits per heavy atom. The predicted molar refractivity (Wildman–Crippen MR) is 128 cm³/mol. The van der Waals surface area contributed by atoms with Crippen LogP contribution in [0.4, 0.5) is 17.6 Å². The minimum absolute atomic E-state index is 0.186. The molecule has 0 amide bonds. The molecule has 4 aromatic rings. The first-order valence-electron chi connectivity index (χ1n) is 11.1. The van der Waals surface area contributed by atoms with Crippen molar-refractivity contribution in [1.29, 1.82) is 0 Å². The van der Waals surface area contributed by atoms with Gasteiger partial charge in [0.1, 0.15) is 11.4 Å². The van der Waals surface area contributed by atoms with Crippen LogP contribution >= 0.6 is 0 Å². The maximum absolute atomic E-state index is 15.1. The average Bonchev–Trinajstić information content (AvgIpc) is 2.88. The van der Waals surface area contributed by atoms with Crippen molar-refractivity contribution in [1.82, 2.24) is 14.3 Å². The molecule has 0 bridgehead atoms. The van der Waals surface area contributed by atoms with Crippen LogP contribution in [0.25, 0.3) is 5.69 Å². The Kier molecular flexibility index (Phi) is 7.25. The van der Waals surface area contributed by atoms with Gasteiger partial charge in [-0.15, -0.1) is 0 Å². The van der Waals surface area contributed by atoms with Gasteiger partial charge in [0.15, 0.2) is 11.6 Å². The molecule has 2 N–H and O–H groups in total. The summed E-state index contributed by atoms with van der Waals surface area (Å²) in [6, 6.07) is 16.5. The zero-order chi connectivity index (χ0) is 26.7. The van der Waals surface area contributed by atoms with E-state index in [1.807, 2.05) is 0 Å². The molecule has 0 radical (unpaired) electrons. The Morgan fingerprint density at radius 1 is 0.973 bits per heavy atom. The summed E-state index contributed by atoms with van der Waals surface area (Å²) in [4.78, 5) is 26.7. The number of nitrogens with two attached hydrogens (primary N) is 1. The van der Waals surface area contributed by atoms with Crippen molar-refractivity contribution < 1.29 is 22.3 Å². The molecular weight excluding hydrogens is 492 g/mol. The Morgan fingerprint density at radius 3 is 2.32 bits per heavy atom. The second-order valence-electron chi connectivity index (χ2n) is 8.20. The molecule has 0 aliphatic carbocycles. The van der Waals surface area contributed by atoms with E-state index >= 15 is 4.39 Å².